The Morgan fingerprint density at radius 2 is 1.66 bits per heavy atom. The van der Waals surface area contributed by atoms with E-state index in [9.17, 15) is 0 Å². The number of methoxy groups -OCH3 is 3. The first-order chi connectivity index (χ1) is 15.6. The molecule has 1 heterocycles. The average molecular weight is 433 g/mol. The Balaban J connectivity index is 1.58. The van der Waals surface area contributed by atoms with Crippen LogP contribution in [0.5, 0.6) is 23.0 Å². The molecule has 0 aliphatic carbocycles. The fraction of sp³-hybridized carbons (Fsp3) is 0.259. The van der Waals surface area contributed by atoms with E-state index in [0.29, 0.717) is 23.9 Å². The molecule has 0 N–H and O–H groups in total. The first-order valence-corrected chi connectivity index (χ1v) is 10.6. The van der Waals surface area contributed by atoms with E-state index in [-0.39, 0.29) is 12.0 Å². The number of hydrogen-bond donors (Lipinski definition) is 0. The molecule has 0 radical (unpaired) electrons. The van der Waals surface area contributed by atoms with Crippen LogP contribution in [0.15, 0.2) is 66.9 Å². The third-order valence-electron chi connectivity index (χ3n) is 5.67. The van der Waals surface area contributed by atoms with Crippen LogP contribution in [-0.4, -0.2) is 21.3 Å². The summed E-state index contributed by atoms with van der Waals surface area (Å²) >= 11 is 0. The van der Waals surface area contributed by atoms with Crippen molar-refractivity contribution in [2.45, 2.75) is 25.6 Å². The van der Waals surface area contributed by atoms with E-state index in [4.69, 9.17) is 23.7 Å². The summed E-state index contributed by atoms with van der Waals surface area (Å²) < 4.78 is 28.7. The lowest BCUT2D eigenvalue weighted by Crippen LogP contribution is -2.08. The highest BCUT2D eigenvalue weighted by atomic mass is 16.5. The SMILES string of the molecule is CO/C=C/c1cc(OC)c2c(c1)[C@@H](C)[C@H](c1ccc(OCc3ccccc3)c(OC)c1)O2. The second kappa shape index (κ2) is 9.69. The summed E-state index contributed by atoms with van der Waals surface area (Å²) in [5.74, 6) is 3.01. The van der Waals surface area contributed by atoms with Gasteiger partial charge in [-0.1, -0.05) is 43.3 Å². The van der Waals surface area contributed by atoms with Crippen molar-refractivity contribution in [2.24, 2.45) is 0 Å². The second-order valence-corrected chi connectivity index (χ2v) is 7.69. The zero-order chi connectivity index (χ0) is 22.5. The van der Waals surface area contributed by atoms with Crippen molar-refractivity contribution in [3.8, 4) is 23.0 Å². The van der Waals surface area contributed by atoms with Crippen molar-refractivity contribution in [3.63, 3.8) is 0 Å². The molecule has 0 unspecified atom stereocenters. The van der Waals surface area contributed by atoms with Gasteiger partial charge in [0.15, 0.2) is 23.0 Å². The highest BCUT2D eigenvalue weighted by Crippen LogP contribution is 2.51. The normalized spacial score (nSPS) is 17.0. The van der Waals surface area contributed by atoms with E-state index in [0.717, 1.165) is 28.0 Å². The molecule has 3 aromatic rings. The minimum absolute atomic E-state index is 0.135. The van der Waals surface area contributed by atoms with Crippen molar-refractivity contribution in [1.29, 1.82) is 0 Å². The lowest BCUT2D eigenvalue weighted by molar-refractivity contribution is 0.207. The molecule has 1 aliphatic heterocycles. The second-order valence-electron chi connectivity index (χ2n) is 7.69. The van der Waals surface area contributed by atoms with Crippen LogP contribution in [0.1, 0.15) is 41.2 Å². The maximum atomic E-state index is 6.38. The van der Waals surface area contributed by atoms with Gasteiger partial charge in [-0.15, -0.1) is 0 Å². The maximum absolute atomic E-state index is 6.38. The molecule has 0 saturated heterocycles. The molecule has 5 heteroatoms. The van der Waals surface area contributed by atoms with E-state index in [1.807, 2.05) is 60.7 Å². The van der Waals surface area contributed by atoms with Crippen molar-refractivity contribution in [3.05, 3.63) is 89.2 Å². The third kappa shape index (κ3) is 4.37. The van der Waals surface area contributed by atoms with Crippen molar-refractivity contribution < 1.29 is 23.7 Å². The van der Waals surface area contributed by atoms with E-state index in [1.54, 1.807) is 27.6 Å². The quantitative estimate of drug-likeness (QED) is 0.400. The Labute approximate surface area is 189 Å². The summed E-state index contributed by atoms with van der Waals surface area (Å²) in [5, 5.41) is 0. The molecule has 0 bridgehead atoms. The van der Waals surface area contributed by atoms with Gasteiger partial charge < -0.3 is 23.7 Å². The van der Waals surface area contributed by atoms with Gasteiger partial charge >= 0.3 is 0 Å². The van der Waals surface area contributed by atoms with Crippen LogP contribution in [0, 0.1) is 0 Å². The standard InChI is InChI=1S/C27H28O5/c1-18-22-14-20(12-13-28-2)15-25(30-4)27(22)32-26(18)21-10-11-23(24(16-21)29-3)31-17-19-8-6-5-7-9-19/h5-16,18,26H,17H2,1-4H3/b13-12+/t18-,26-/m1/s1. The molecule has 0 amide bonds. The minimum atomic E-state index is -0.155. The average Bonchev–Trinajstić information content (AvgIpc) is 3.17. The van der Waals surface area contributed by atoms with Crippen molar-refractivity contribution in [1.82, 2.24) is 0 Å². The van der Waals surface area contributed by atoms with Gasteiger partial charge in [0.25, 0.3) is 0 Å². The number of fused-ring (bicyclic) bond motifs is 1. The molecule has 3 aromatic carbocycles. The van der Waals surface area contributed by atoms with Gasteiger partial charge in [-0.25, -0.2) is 0 Å². The summed E-state index contributed by atoms with van der Waals surface area (Å²) in [6, 6.07) is 20.1. The summed E-state index contributed by atoms with van der Waals surface area (Å²) in [7, 11) is 4.94. The van der Waals surface area contributed by atoms with Crippen LogP contribution < -0.4 is 18.9 Å². The number of ether oxygens (including phenoxy) is 5. The van der Waals surface area contributed by atoms with E-state index < -0.39 is 0 Å². The first-order valence-electron chi connectivity index (χ1n) is 10.6. The molecule has 0 spiro atoms. The fourth-order valence-corrected chi connectivity index (χ4v) is 3.97. The fourth-order valence-electron chi connectivity index (χ4n) is 3.97. The van der Waals surface area contributed by atoms with Crippen LogP contribution in [0.4, 0.5) is 0 Å². The molecule has 1 aliphatic rings. The van der Waals surface area contributed by atoms with Crippen LogP contribution in [-0.2, 0) is 11.3 Å². The summed E-state index contributed by atoms with van der Waals surface area (Å²) in [5.41, 5.74) is 4.23. The Kier molecular flexibility index (Phi) is 6.55. The van der Waals surface area contributed by atoms with Crippen molar-refractivity contribution in [2.75, 3.05) is 21.3 Å². The summed E-state index contributed by atoms with van der Waals surface area (Å²) in [6.07, 6.45) is 3.40. The monoisotopic (exact) mass is 432 g/mol. The molecule has 0 saturated carbocycles. The van der Waals surface area contributed by atoms with Gasteiger partial charge in [-0.05, 0) is 47.0 Å². The molecule has 0 fully saturated rings. The predicted octanol–water partition coefficient (Wildman–Crippen LogP) is 6.14. The summed E-state index contributed by atoms with van der Waals surface area (Å²) in [4.78, 5) is 0. The van der Waals surface area contributed by atoms with E-state index >= 15 is 0 Å². The van der Waals surface area contributed by atoms with Crippen LogP contribution >= 0.6 is 0 Å². The molecule has 4 rings (SSSR count). The Morgan fingerprint density at radius 3 is 2.38 bits per heavy atom. The van der Waals surface area contributed by atoms with Gasteiger partial charge in [0, 0.05) is 11.5 Å². The lowest BCUT2D eigenvalue weighted by atomic mass is 9.91. The van der Waals surface area contributed by atoms with Gasteiger partial charge in [0.1, 0.15) is 12.7 Å². The summed E-state index contributed by atoms with van der Waals surface area (Å²) in [6.45, 7) is 2.64. The molecule has 166 valence electrons. The molecule has 5 nitrogen and oxygen atoms in total. The molecule has 32 heavy (non-hydrogen) atoms. The van der Waals surface area contributed by atoms with Gasteiger partial charge in [-0.3, -0.25) is 0 Å². The number of benzene rings is 3. The van der Waals surface area contributed by atoms with Crippen LogP contribution in [0.3, 0.4) is 0 Å². The minimum Gasteiger partial charge on any atom is -0.504 e. The van der Waals surface area contributed by atoms with E-state index in [1.165, 1.54) is 0 Å². The number of hydrogen-bond acceptors (Lipinski definition) is 5. The van der Waals surface area contributed by atoms with Gasteiger partial charge in [0.2, 0.25) is 0 Å². The van der Waals surface area contributed by atoms with Crippen LogP contribution in [0.2, 0.25) is 0 Å². The molecule has 2 atom stereocenters. The Morgan fingerprint density at radius 1 is 0.875 bits per heavy atom. The van der Waals surface area contributed by atoms with Crippen LogP contribution in [0.25, 0.3) is 6.08 Å². The highest BCUT2D eigenvalue weighted by molar-refractivity contribution is 5.62. The van der Waals surface area contributed by atoms with Gasteiger partial charge in [0.05, 0.1) is 27.6 Å². The first kappa shape index (κ1) is 21.6. The van der Waals surface area contributed by atoms with Gasteiger partial charge in [-0.2, -0.15) is 0 Å². The zero-order valence-electron chi connectivity index (χ0n) is 18.8. The predicted molar refractivity (Wildman–Crippen MR) is 125 cm³/mol. The lowest BCUT2D eigenvalue weighted by Gasteiger charge is -2.18. The smallest absolute Gasteiger partial charge is 0.165 e. The highest BCUT2D eigenvalue weighted by Gasteiger charge is 2.35. The molecular weight excluding hydrogens is 404 g/mol. The third-order valence-corrected chi connectivity index (χ3v) is 5.67. The number of rotatable bonds is 8. The van der Waals surface area contributed by atoms with Crippen molar-refractivity contribution >= 4 is 6.08 Å². The molecular formula is C27H28O5. The zero-order valence-corrected chi connectivity index (χ0v) is 18.8. The van der Waals surface area contributed by atoms with E-state index in [2.05, 4.69) is 13.0 Å². The Hall–Kier alpha value is -3.60. The largest absolute Gasteiger partial charge is 0.504 e. The topological polar surface area (TPSA) is 46.2 Å². The maximum Gasteiger partial charge on any atom is 0.165 e. The Bertz CT molecular complexity index is 1090. The molecule has 0 aromatic heterocycles.